The van der Waals surface area contributed by atoms with Crippen LogP contribution in [0.5, 0.6) is 5.75 Å². The van der Waals surface area contributed by atoms with Gasteiger partial charge < -0.3 is 14.4 Å². The van der Waals surface area contributed by atoms with Crippen molar-refractivity contribution in [1.29, 1.82) is 0 Å². The molecule has 0 fully saturated rings. The highest BCUT2D eigenvalue weighted by Crippen LogP contribution is 2.20. The third-order valence-corrected chi connectivity index (χ3v) is 3.94. The Bertz CT molecular complexity index is 673. The minimum atomic E-state index is -3.90. The van der Waals surface area contributed by atoms with Crippen LogP contribution in [0.15, 0.2) is 53.4 Å². The first kappa shape index (κ1) is 14.5. The number of aliphatic hydroxyl groups excluding tert-OH is 1. The number of aliphatic hydroxyl groups is 1. The van der Waals surface area contributed by atoms with Gasteiger partial charge in [-0.15, -0.1) is 0 Å². The summed E-state index contributed by atoms with van der Waals surface area (Å²) in [4.78, 5) is 0.0519. The highest BCUT2D eigenvalue weighted by Gasteiger charge is 2.16. The van der Waals surface area contributed by atoms with Crippen molar-refractivity contribution in [1.82, 2.24) is 0 Å². The van der Waals surface area contributed by atoms with Crippen LogP contribution in [0.4, 0.5) is 0 Å². The second-order valence-electron chi connectivity index (χ2n) is 4.27. The first-order valence-electron chi connectivity index (χ1n) is 5.83. The van der Waals surface area contributed by atoms with Gasteiger partial charge in [-0.3, -0.25) is 0 Å². The Morgan fingerprint density at radius 3 is 2.10 bits per heavy atom. The first-order valence-corrected chi connectivity index (χ1v) is 7.24. The van der Waals surface area contributed by atoms with Gasteiger partial charge >= 0.3 is 10.1 Å². The highest BCUT2D eigenvalue weighted by molar-refractivity contribution is 7.87. The molecule has 0 bridgehead atoms. The second-order valence-corrected chi connectivity index (χ2v) is 5.82. The van der Waals surface area contributed by atoms with Gasteiger partial charge in [0.05, 0.1) is 0 Å². The molecule has 0 aromatic heterocycles. The van der Waals surface area contributed by atoms with Crippen molar-refractivity contribution in [3.63, 3.8) is 0 Å². The van der Waals surface area contributed by atoms with Gasteiger partial charge in [-0.2, -0.15) is 8.42 Å². The molecule has 6 heteroatoms. The molecule has 1 atom stereocenters. The molecular weight excluding hydrogens is 280 g/mol. The van der Waals surface area contributed by atoms with Gasteiger partial charge in [0.25, 0.3) is 0 Å². The Hall–Kier alpha value is -1.89. The number of aryl methyl sites for hydroxylation is 1. The summed E-state index contributed by atoms with van der Waals surface area (Å²) < 4.78 is 28.9. The molecule has 106 valence electrons. The maximum atomic E-state index is 12.0. The molecule has 0 aliphatic heterocycles. The van der Waals surface area contributed by atoms with Crippen LogP contribution < -0.4 is 9.29 Å². The summed E-state index contributed by atoms with van der Waals surface area (Å²) in [5, 5.41) is 19.6. The van der Waals surface area contributed by atoms with Crippen LogP contribution in [0.25, 0.3) is 0 Å². The molecule has 1 unspecified atom stereocenters. The van der Waals surface area contributed by atoms with Gasteiger partial charge in [0, 0.05) is 6.29 Å². The van der Waals surface area contributed by atoms with Crippen LogP contribution in [0.1, 0.15) is 17.4 Å². The van der Waals surface area contributed by atoms with Crippen molar-refractivity contribution in [3.8, 4) is 5.75 Å². The average Bonchev–Trinajstić information content (AvgIpc) is 2.39. The molecule has 0 spiro atoms. The SMILES string of the molecule is Cc1ccc(S(=O)(=O)Oc2ccc(C([O-])O)cc2)cc1. The number of benzene rings is 2. The van der Waals surface area contributed by atoms with E-state index in [0.29, 0.717) is 0 Å². The van der Waals surface area contributed by atoms with Crippen molar-refractivity contribution < 1.29 is 22.8 Å². The molecule has 0 amide bonds. The maximum absolute atomic E-state index is 12.0. The Balaban J connectivity index is 2.22. The first-order chi connectivity index (χ1) is 9.38. The van der Waals surface area contributed by atoms with E-state index in [4.69, 9.17) is 9.29 Å². The largest absolute Gasteiger partial charge is 0.828 e. The maximum Gasteiger partial charge on any atom is 0.339 e. The van der Waals surface area contributed by atoms with Gasteiger partial charge in [-0.05, 0) is 36.8 Å². The highest BCUT2D eigenvalue weighted by atomic mass is 32.2. The normalized spacial score (nSPS) is 12.9. The van der Waals surface area contributed by atoms with E-state index < -0.39 is 16.4 Å². The van der Waals surface area contributed by atoms with Crippen molar-refractivity contribution in [2.24, 2.45) is 0 Å². The van der Waals surface area contributed by atoms with Gasteiger partial charge in [-0.1, -0.05) is 29.8 Å². The summed E-state index contributed by atoms with van der Waals surface area (Å²) in [6.07, 6.45) is -1.85. The lowest BCUT2D eigenvalue weighted by Gasteiger charge is -2.15. The lowest BCUT2D eigenvalue weighted by molar-refractivity contribution is -0.490. The molecular formula is C14H13O5S-. The number of hydrogen-bond acceptors (Lipinski definition) is 5. The lowest BCUT2D eigenvalue weighted by atomic mass is 10.2. The molecule has 2 aromatic carbocycles. The molecule has 2 rings (SSSR count). The Kier molecular flexibility index (Phi) is 4.08. The fraction of sp³-hybridized carbons (Fsp3) is 0.143. The summed E-state index contributed by atoms with van der Waals surface area (Å²) in [6.45, 7) is 1.85. The van der Waals surface area contributed by atoms with E-state index in [-0.39, 0.29) is 16.2 Å². The molecule has 0 saturated heterocycles. The third-order valence-electron chi connectivity index (χ3n) is 2.68. The average molecular weight is 293 g/mol. The summed E-state index contributed by atoms with van der Waals surface area (Å²) in [7, 11) is -3.90. The fourth-order valence-corrected chi connectivity index (χ4v) is 2.50. The fourth-order valence-electron chi connectivity index (χ4n) is 1.57. The van der Waals surface area contributed by atoms with Crippen LogP contribution in [-0.4, -0.2) is 13.5 Å². The van der Waals surface area contributed by atoms with Gasteiger partial charge in [-0.25, -0.2) is 0 Å². The van der Waals surface area contributed by atoms with Gasteiger partial charge in [0.15, 0.2) is 0 Å². The zero-order chi connectivity index (χ0) is 14.8. The van der Waals surface area contributed by atoms with Crippen molar-refractivity contribution in [2.75, 3.05) is 0 Å². The molecule has 1 N–H and O–H groups in total. The summed E-state index contributed by atoms with van der Waals surface area (Å²) >= 11 is 0. The van der Waals surface area contributed by atoms with Crippen molar-refractivity contribution >= 4 is 10.1 Å². The zero-order valence-corrected chi connectivity index (χ0v) is 11.5. The Morgan fingerprint density at radius 1 is 1.05 bits per heavy atom. The summed E-state index contributed by atoms with van der Waals surface area (Å²) in [5.74, 6) is 0.0787. The molecule has 0 saturated carbocycles. The predicted molar refractivity (Wildman–Crippen MR) is 70.4 cm³/mol. The Labute approximate surface area is 117 Å². The van der Waals surface area contributed by atoms with Crippen LogP contribution in [0, 0.1) is 6.92 Å². The zero-order valence-electron chi connectivity index (χ0n) is 10.7. The minimum Gasteiger partial charge on any atom is -0.828 e. The van der Waals surface area contributed by atoms with E-state index in [2.05, 4.69) is 0 Å². The molecule has 0 aliphatic rings. The van der Waals surface area contributed by atoms with Gasteiger partial charge in [0.2, 0.25) is 0 Å². The van der Waals surface area contributed by atoms with Crippen molar-refractivity contribution in [2.45, 2.75) is 18.1 Å². The smallest absolute Gasteiger partial charge is 0.339 e. The van der Waals surface area contributed by atoms with E-state index in [0.717, 1.165) is 5.56 Å². The lowest BCUT2D eigenvalue weighted by Crippen LogP contribution is -2.14. The molecule has 20 heavy (non-hydrogen) atoms. The third kappa shape index (κ3) is 3.36. The van der Waals surface area contributed by atoms with Crippen LogP contribution in [0.3, 0.4) is 0 Å². The topological polar surface area (TPSA) is 86.7 Å². The molecule has 0 aliphatic carbocycles. The molecule has 2 aromatic rings. The standard InChI is InChI=1S/C14H13O5S/c1-10-2-8-13(9-3-10)20(17,18)19-12-6-4-11(5-7-12)14(15)16/h2-9,14-15H,1H3/q-1. The monoisotopic (exact) mass is 293 g/mol. The molecule has 0 heterocycles. The van der Waals surface area contributed by atoms with E-state index in [1.54, 1.807) is 12.1 Å². The molecule has 5 nitrogen and oxygen atoms in total. The van der Waals surface area contributed by atoms with E-state index >= 15 is 0 Å². The van der Waals surface area contributed by atoms with Crippen LogP contribution >= 0.6 is 0 Å². The van der Waals surface area contributed by atoms with Gasteiger partial charge in [0.1, 0.15) is 10.6 Å². The van der Waals surface area contributed by atoms with E-state index in [1.165, 1.54) is 36.4 Å². The number of hydrogen-bond donors (Lipinski definition) is 1. The van der Waals surface area contributed by atoms with Crippen LogP contribution in [-0.2, 0) is 10.1 Å². The summed E-state index contributed by atoms with van der Waals surface area (Å²) in [6, 6.07) is 11.5. The number of rotatable bonds is 4. The quantitative estimate of drug-likeness (QED) is 0.674. The Morgan fingerprint density at radius 2 is 1.60 bits per heavy atom. The molecule has 0 radical (unpaired) electrons. The van der Waals surface area contributed by atoms with E-state index in [1.807, 2.05) is 6.92 Å². The van der Waals surface area contributed by atoms with Crippen LogP contribution in [0.2, 0.25) is 0 Å². The minimum absolute atomic E-state index is 0.0519. The van der Waals surface area contributed by atoms with Crippen molar-refractivity contribution in [3.05, 3.63) is 59.7 Å². The van der Waals surface area contributed by atoms with E-state index in [9.17, 15) is 13.5 Å². The second kappa shape index (κ2) is 5.62. The predicted octanol–water partition coefficient (Wildman–Crippen LogP) is 1.11. The summed E-state index contributed by atoms with van der Waals surface area (Å²) in [5.41, 5.74) is 1.09.